The second-order valence-electron chi connectivity index (χ2n) is 5.20. The van der Waals surface area contributed by atoms with Crippen LogP contribution in [0.4, 0.5) is 5.69 Å². The lowest BCUT2D eigenvalue weighted by atomic mass is 9.66. The number of carbonyl (C=O) groups is 1. The highest BCUT2D eigenvalue weighted by Crippen LogP contribution is 2.43. The lowest BCUT2D eigenvalue weighted by Crippen LogP contribution is -2.40. The molecule has 98 valence electrons. The molecule has 0 bridgehead atoms. The predicted octanol–water partition coefficient (Wildman–Crippen LogP) is 3.22. The molecule has 2 rings (SSSR count). The first kappa shape index (κ1) is 13.6. The maximum Gasteiger partial charge on any atom is 0.224 e. The summed E-state index contributed by atoms with van der Waals surface area (Å²) in [5.41, 5.74) is 7.77. The van der Waals surface area contributed by atoms with Crippen molar-refractivity contribution in [2.75, 3.05) is 11.9 Å². The molecule has 4 heteroatoms. The summed E-state index contributed by atoms with van der Waals surface area (Å²) in [5, 5.41) is 2.98. The minimum Gasteiger partial charge on any atom is -0.330 e. The number of amides is 1. The second-order valence-corrected chi connectivity index (χ2v) is 6.05. The van der Waals surface area contributed by atoms with E-state index in [4.69, 9.17) is 5.73 Å². The van der Waals surface area contributed by atoms with Gasteiger partial charge >= 0.3 is 0 Å². The Morgan fingerprint density at radius 2 is 2.22 bits per heavy atom. The van der Waals surface area contributed by atoms with Crippen molar-refractivity contribution in [1.82, 2.24) is 0 Å². The van der Waals surface area contributed by atoms with Crippen LogP contribution < -0.4 is 11.1 Å². The third-order valence-electron chi connectivity index (χ3n) is 3.92. The molecule has 0 unspecified atom stereocenters. The Morgan fingerprint density at radius 3 is 2.78 bits per heavy atom. The average Bonchev–Trinajstić information content (AvgIpc) is 2.30. The first-order valence-corrected chi connectivity index (χ1v) is 7.11. The normalized spacial score (nSPS) is 17.1. The number of nitrogens with one attached hydrogen (secondary N) is 1. The molecule has 0 aliphatic heterocycles. The smallest absolute Gasteiger partial charge is 0.224 e. The summed E-state index contributed by atoms with van der Waals surface area (Å²) in [6, 6.07) is 5.82. The van der Waals surface area contributed by atoms with Crippen LogP contribution in [-0.2, 0) is 4.79 Å². The van der Waals surface area contributed by atoms with E-state index in [0.717, 1.165) is 28.6 Å². The number of nitrogens with two attached hydrogens (primary N) is 1. The summed E-state index contributed by atoms with van der Waals surface area (Å²) in [5.74, 6) is 0.0707. The summed E-state index contributed by atoms with van der Waals surface area (Å²) in [7, 11) is 0. The number of halogens is 1. The molecule has 0 spiro atoms. The summed E-state index contributed by atoms with van der Waals surface area (Å²) in [4.78, 5) is 12.1. The number of rotatable bonds is 4. The van der Waals surface area contributed by atoms with Crippen LogP contribution in [0.5, 0.6) is 0 Å². The van der Waals surface area contributed by atoms with Crippen LogP contribution in [0.1, 0.15) is 31.2 Å². The van der Waals surface area contributed by atoms with E-state index in [0.29, 0.717) is 13.0 Å². The molecule has 1 aliphatic rings. The third kappa shape index (κ3) is 2.75. The van der Waals surface area contributed by atoms with Gasteiger partial charge in [0.1, 0.15) is 0 Å². The fourth-order valence-electron chi connectivity index (χ4n) is 2.41. The van der Waals surface area contributed by atoms with Crippen molar-refractivity contribution >= 4 is 27.5 Å². The monoisotopic (exact) mass is 310 g/mol. The summed E-state index contributed by atoms with van der Waals surface area (Å²) in [6.45, 7) is 2.60. The van der Waals surface area contributed by atoms with Crippen molar-refractivity contribution < 1.29 is 4.79 Å². The zero-order valence-electron chi connectivity index (χ0n) is 10.6. The van der Waals surface area contributed by atoms with Crippen LogP contribution in [0.3, 0.4) is 0 Å². The Hall–Kier alpha value is -0.870. The van der Waals surface area contributed by atoms with Crippen molar-refractivity contribution in [3.8, 4) is 0 Å². The van der Waals surface area contributed by atoms with Crippen molar-refractivity contribution in [2.45, 2.75) is 32.6 Å². The van der Waals surface area contributed by atoms with Gasteiger partial charge in [0.15, 0.2) is 0 Å². The second kappa shape index (κ2) is 5.41. The van der Waals surface area contributed by atoms with Gasteiger partial charge in [-0.15, -0.1) is 0 Å². The molecule has 18 heavy (non-hydrogen) atoms. The van der Waals surface area contributed by atoms with Crippen molar-refractivity contribution in [2.24, 2.45) is 11.1 Å². The molecule has 0 heterocycles. The summed E-state index contributed by atoms with van der Waals surface area (Å²) >= 11 is 3.46. The Balaban J connectivity index is 2.01. The van der Waals surface area contributed by atoms with Gasteiger partial charge in [-0.25, -0.2) is 0 Å². The highest BCUT2D eigenvalue weighted by Gasteiger charge is 2.37. The standard InChI is InChI=1S/C14H19BrN2O/c1-10-11(15)4-2-5-12(10)17-13(18)8-14(9-16)6-3-7-14/h2,4-5H,3,6-9,16H2,1H3,(H,17,18). The highest BCUT2D eigenvalue weighted by molar-refractivity contribution is 9.10. The van der Waals surface area contributed by atoms with E-state index in [9.17, 15) is 4.79 Å². The van der Waals surface area contributed by atoms with Crippen molar-refractivity contribution in [3.05, 3.63) is 28.2 Å². The fraction of sp³-hybridized carbons (Fsp3) is 0.500. The van der Waals surface area contributed by atoms with E-state index in [1.807, 2.05) is 25.1 Å². The van der Waals surface area contributed by atoms with E-state index < -0.39 is 0 Å². The molecular formula is C14H19BrN2O. The maximum absolute atomic E-state index is 12.1. The predicted molar refractivity (Wildman–Crippen MR) is 77.5 cm³/mol. The van der Waals surface area contributed by atoms with Crippen LogP contribution in [0.2, 0.25) is 0 Å². The molecule has 0 saturated heterocycles. The van der Waals surface area contributed by atoms with E-state index in [1.54, 1.807) is 0 Å². The van der Waals surface area contributed by atoms with Gasteiger partial charge in [0, 0.05) is 16.6 Å². The van der Waals surface area contributed by atoms with Gasteiger partial charge in [-0.3, -0.25) is 4.79 Å². The van der Waals surface area contributed by atoms with Crippen molar-refractivity contribution in [1.29, 1.82) is 0 Å². The lowest BCUT2D eigenvalue weighted by molar-refractivity contribution is -0.119. The zero-order chi connectivity index (χ0) is 13.2. The molecule has 1 aliphatic carbocycles. The topological polar surface area (TPSA) is 55.1 Å². The van der Waals surface area contributed by atoms with E-state index >= 15 is 0 Å². The molecule has 0 atom stereocenters. The van der Waals surface area contributed by atoms with Crippen LogP contribution in [0.25, 0.3) is 0 Å². The Labute approximate surface area is 116 Å². The van der Waals surface area contributed by atoms with E-state index in [-0.39, 0.29) is 11.3 Å². The molecule has 0 radical (unpaired) electrons. The largest absolute Gasteiger partial charge is 0.330 e. The van der Waals surface area contributed by atoms with Crippen molar-refractivity contribution in [3.63, 3.8) is 0 Å². The molecule has 1 saturated carbocycles. The van der Waals surface area contributed by atoms with Gasteiger partial charge in [0.05, 0.1) is 0 Å². The highest BCUT2D eigenvalue weighted by atomic mass is 79.9. The summed E-state index contributed by atoms with van der Waals surface area (Å²) in [6.07, 6.45) is 3.89. The molecule has 0 aromatic heterocycles. The minimum atomic E-state index is 0.0595. The molecule has 1 fully saturated rings. The van der Waals surface area contributed by atoms with Gasteiger partial charge in [-0.1, -0.05) is 28.4 Å². The minimum absolute atomic E-state index is 0.0595. The Morgan fingerprint density at radius 1 is 1.50 bits per heavy atom. The SMILES string of the molecule is Cc1c(Br)cccc1NC(=O)CC1(CN)CCC1. The van der Waals surface area contributed by atoms with Gasteiger partial charge in [-0.2, -0.15) is 0 Å². The maximum atomic E-state index is 12.1. The number of benzene rings is 1. The number of anilines is 1. The first-order valence-electron chi connectivity index (χ1n) is 6.31. The molecule has 3 nitrogen and oxygen atoms in total. The van der Waals surface area contributed by atoms with Crippen LogP contribution >= 0.6 is 15.9 Å². The average molecular weight is 311 g/mol. The molecule has 3 N–H and O–H groups in total. The van der Waals surface area contributed by atoms with Gasteiger partial charge < -0.3 is 11.1 Å². The number of hydrogen-bond donors (Lipinski definition) is 2. The quantitative estimate of drug-likeness (QED) is 0.897. The van der Waals surface area contributed by atoms with Gasteiger partial charge in [-0.05, 0) is 49.4 Å². The molecule has 1 amide bonds. The van der Waals surface area contributed by atoms with E-state index in [1.165, 1.54) is 6.42 Å². The van der Waals surface area contributed by atoms with Crippen LogP contribution in [-0.4, -0.2) is 12.5 Å². The lowest BCUT2D eigenvalue weighted by Gasteiger charge is -2.40. The van der Waals surface area contributed by atoms with E-state index in [2.05, 4.69) is 21.2 Å². The van der Waals surface area contributed by atoms with Gasteiger partial charge in [0.25, 0.3) is 0 Å². The third-order valence-corrected chi connectivity index (χ3v) is 4.78. The molecular weight excluding hydrogens is 292 g/mol. The van der Waals surface area contributed by atoms with Crippen LogP contribution in [0, 0.1) is 12.3 Å². The summed E-state index contributed by atoms with van der Waals surface area (Å²) < 4.78 is 1.01. The Bertz CT molecular complexity index is 450. The Kier molecular flexibility index (Phi) is 4.07. The number of hydrogen-bond acceptors (Lipinski definition) is 2. The zero-order valence-corrected chi connectivity index (χ0v) is 12.2. The first-order chi connectivity index (χ1) is 8.56. The van der Waals surface area contributed by atoms with Gasteiger partial charge in [0.2, 0.25) is 5.91 Å². The number of carbonyl (C=O) groups excluding carboxylic acids is 1. The fourth-order valence-corrected chi connectivity index (χ4v) is 2.77. The molecule has 1 aromatic carbocycles. The molecule has 1 aromatic rings. The van der Waals surface area contributed by atoms with Crippen LogP contribution in [0.15, 0.2) is 22.7 Å².